The Morgan fingerprint density at radius 2 is 2.14 bits per heavy atom. The van der Waals surface area contributed by atoms with Crippen LogP contribution < -0.4 is 4.74 Å². The molecule has 1 aromatic carbocycles. The van der Waals surface area contributed by atoms with Crippen LogP contribution >= 0.6 is 0 Å². The van der Waals surface area contributed by atoms with E-state index in [0.717, 1.165) is 5.75 Å². The SMILES string of the molecule is CC1N=C(COc2ccccc2)OO1. The highest BCUT2D eigenvalue weighted by Crippen LogP contribution is 2.10. The zero-order valence-electron chi connectivity index (χ0n) is 7.84. The molecule has 14 heavy (non-hydrogen) atoms. The number of benzene rings is 1. The first-order valence-electron chi connectivity index (χ1n) is 4.42. The molecule has 4 nitrogen and oxygen atoms in total. The van der Waals surface area contributed by atoms with Crippen LogP contribution in [0.2, 0.25) is 0 Å². The smallest absolute Gasteiger partial charge is 0.268 e. The Morgan fingerprint density at radius 3 is 2.79 bits per heavy atom. The van der Waals surface area contributed by atoms with Crippen LogP contribution in [0.1, 0.15) is 6.92 Å². The maximum atomic E-state index is 5.40. The van der Waals surface area contributed by atoms with E-state index in [1.807, 2.05) is 30.3 Å². The van der Waals surface area contributed by atoms with Gasteiger partial charge in [-0.25, -0.2) is 4.99 Å². The number of hydrogen-bond donors (Lipinski definition) is 0. The van der Waals surface area contributed by atoms with Crippen LogP contribution in [0.25, 0.3) is 0 Å². The second-order valence-electron chi connectivity index (χ2n) is 2.90. The van der Waals surface area contributed by atoms with E-state index in [1.165, 1.54) is 0 Å². The molecule has 74 valence electrons. The quantitative estimate of drug-likeness (QED) is 0.687. The second-order valence-corrected chi connectivity index (χ2v) is 2.90. The highest BCUT2D eigenvalue weighted by molar-refractivity contribution is 5.77. The highest BCUT2D eigenvalue weighted by atomic mass is 17.2. The van der Waals surface area contributed by atoms with E-state index >= 15 is 0 Å². The van der Waals surface area contributed by atoms with Crippen molar-refractivity contribution < 1.29 is 14.5 Å². The Kier molecular flexibility index (Phi) is 2.65. The van der Waals surface area contributed by atoms with E-state index in [2.05, 4.69) is 4.99 Å². The van der Waals surface area contributed by atoms with Crippen LogP contribution in [-0.2, 0) is 9.78 Å². The van der Waals surface area contributed by atoms with Crippen molar-refractivity contribution in [3.8, 4) is 5.75 Å². The van der Waals surface area contributed by atoms with Crippen LogP contribution in [-0.4, -0.2) is 18.7 Å². The summed E-state index contributed by atoms with van der Waals surface area (Å²) >= 11 is 0. The molecular formula is C10H11NO3. The largest absolute Gasteiger partial charge is 0.484 e. The summed E-state index contributed by atoms with van der Waals surface area (Å²) < 4.78 is 5.40. The fourth-order valence-electron chi connectivity index (χ4n) is 1.09. The third-order valence-electron chi connectivity index (χ3n) is 1.71. The predicted molar refractivity (Wildman–Crippen MR) is 51.0 cm³/mol. The molecule has 4 heteroatoms. The van der Waals surface area contributed by atoms with Gasteiger partial charge in [0.15, 0.2) is 12.8 Å². The van der Waals surface area contributed by atoms with Gasteiger partial charge in [0.05, 0.1) is 0 Å². The number of nitrogens with zero attached hydrogens (tertiary/aromatic N) is 1. The van der Waals surface area contributed by atoms with Gasteiger partial charge in [-0.05, 0) is 19.1 Å². The van der Waals surface area contributed by atoms with Gasteiger partial charge in [-0.1, -0.05) is 18.2 Å². The molecule has 0 spiro atoms. The standard InChI is InChI=1S/C10H11NO3/c1-8-11-10(14-13-8)7-12-9-5-3-2-4-6-9/h2-6,8H,7H2,1H3. The summed E-state index contributed by atoms with van der Waals surface area (Å²) in [6, 6.07) is 9.50. The fourth-order valence-corrected chi connectivity index (χ4v) is 1.09. The normalized spacial score (nSPS) is 20.1. The maximum absolute atomic E-state index is 5.40. The molecule has 0 bridgehead atoms. The van der Waals surface area contributed by atoms with Gasteiger partial charge in [-0.15, -0.1) is 0 Å². The predicted octanol–water partition coefficient (Wildman–Crippen LogP) is 1.77. The molecule has 0 saturated heterocycles. The zero-order valence-corrected chi connectivity index (χ0v) is 7.84. The fraction of sp³-hybridized carbons (Fsp3) is 0.300. The van der Waals surface area contributed by atoms with Gasteiger partial charge in [0.2, 0.25) is 0 Å². The van der Waals surface area contributed by atoms with Crippen molar-refractivity contribution in [2.45, 2.75) is 13.2 Å². The van der Waals surface area contributed by atoms with Crippen LogP contribution in [0.15, 0.2) is 35.3 Å². The number of ether oxygens (including phenoxy) is 1. The summed E-state index contributed by atoms with van der Waals surface area (Å²) in [5, 5.41) is 0. The lowest BCUT2D eigenvalue weighted by Gasteiger charge is -2.03. The molecule has 1 atom stereocenters. The van der Waals surface area contributed by atoms with Gasteiger partial charge >= 0.3 is 0 Å². The van der Waals surface area contributed by atoms with Crippen molar-refractivity contribution in [2.24, 2.45) is 4.99 Å². The minimum atomic E-state index is -0.232. The molecule has 1 aromatic rings. The molecule has 0 amide bonds. The van der Waals surface area contributed by atoms with Crippen molar-refractivity contribution in [3.63, 3.8) is 0 Å². The summed E-state index contributed by atoms with van der Waals surface area (Å²) in [5.74, 6) is 1.26. The first-order valence-corrected chi connectivity index (χ1v) is 4.42. The van der Waals surface area contributed by atoms with Gasteiger partial charge in [0.1, 0.15) is 5.75 Å². The van der Waals surface area contributed by atoms with Crippen LogP contribution in [0.4, 0.5) is 0 Å². The van der Waals surface area contributed by atoms with Crippen molar-refractivity contribution in [2.75, 3.05) is 6.61 Å². The first-order chi connectivity index (χ1) is 6.84. The molecule has 1 aliphatic rings. The molecule has 1 heterocycles. The lowest BCUT2D eigenvalue weighted by atomic mass is 10.3. The van der Waals surface area contributed by atoms with Gasteiger partial charge in [0.25, 0.3) is 5.90 Å². The Hall–Kier alpha value is -1.55. The molecule has 0 fully saturated rings. The van der Waals surface area contributed by atoms with E-state index in [1.54, 1.807) is 6.92 Å². The van der Waals surface area contributed by atoms with Crippen molar-refractivity contribution in [1.82, 2.24) is 0 Å². The number of hydrogen-bond acceptors (Lipinski definition) is 4. The lowest BCUT2D eigenvalue weighted by Crippen LogP contribution is -2.10. The summed E-state index contributed by atoms with van der Waals surface area (Å²) in [5.41, 5.74) is 0. The molecule has 0 aliphatic carbocycles. The molecule has 1 aliphatic heterocycles. The van der Waals surface area contributed by atoms with E-state index in [-0.39, 0.29) is 6.23 Å². The molecule has 0 saturated carbocycles. The third-order valence-corrected chi connectivity index (χ3v) is 1.71. The van der Waals surface area contributed by atoms with Crippen molar-refractivity contribution >= 4 is 5.90 Å². The Morgan fingerprint density at radius 1 is 1.36 bits per heavy atom. The average molecular weight is 193 g/mol. The number of para-hydroxylation sites is 1. The maximum Gasteiger partial charge on any atom is 0.268 e. The minimum Gasteiger partial charge on any atom is -0.484 e. The molecule has 0 N–H and O–H groups in total. The van der Waals surface area contributed by atoms with Crippen molar-refractivity contribution in [3.05, 3.63) is 30.3 Å². The molecule has 2 rings (SSSR count). The lowest BCUT2D eigenvalue weighted by molar-refractivity contribution is -0.232. The monoisotopic (exact) mass is 193 g/mol. The van der Waals surface area contributed by atoms with Crippen LogP contribution in [0, 0.1) is 0 Å². The summed E-state index contributed by atoms with van der Waals surface area (Å²) in [4.78, 5) is 13.6. The Balaban J connectivity index is 1.86. The Bertz CT molecular complexity index is 323. The molecule has 1 unspecified atom stereocenters. The van der Waals surface area contributed by atoms with Gasteiger partial charge < -0.3 is 9.62 Å². The second kappa shape index (κ2) is 4.11. The van der Waals surface area contributed by atoms with Gasteiger partial charge in [-0.2, -0.15) is 4.89 Å². The van der Waals surface area contributed by atoms with E-state index in [9.17, 15) is 0 Å². The number of rotatable bonds is 3. The number of aliphatic imine (C=N–C) groups is 1. The van der Waals surface area contributed by atoms with Crippen LogP contribution in [0.5, 0.6) is 5.75 Å². The van der Waals surface area contributed by atoms with E-state index in [0.29, 0.717) is 12.5 Å². The van der Waals surface area contributed by atoms with Gasteiger partial charge in [0, 0.05) is 0 Å². The average Bonchev–Trinajstić information content (AvgIpc) is 2.63. The highest BCUT2D eigenvalue weighted by Gasteiger charge is 2.16. The molecular weight excluding hydrogens is 182 g/mol. The van der Waals surface area contributed by atoms with Gasteiger partial charge in [-0.3, -0.25) is 0 Å². The summed E-state index contributed by atoms with van der Waals surface area (Å²) in [6.45, 7) is 2.10. The van der Waals surface area contributed by atoms with Crippen molar-refractivity contribution in [1.29, 1.82) is 0 Å². The third kappa shape index (κ3) is 2.23. The summed E-state index contributed by atoms with van der Waals surface area (Å²) in [7, 11) is 0. The van der Waals surface area contributed by atoms with Crippen LogP contribution in [0.3, 0.4) is 0 Å². The molecule has 0 radical (unpaired) electrons. The minimum absolute atomic E-state index is 0.232. The topological polar surface area (TPSA) is 40.0 Å². The molecule has 0 aromatic heterocycles. The zero-order chi connectivity index (χ0) is 9.80. The van der Waals surface area contributed by atoms with E-state index in [4.69, 9.17) is 14.5 Å². The first kappa shape index (κ1) is 9.02. The summed E-state index contributed by atoms with van der Waals surface area (Å²) in [6.07, 6.45) is -0.232. The van der Waals surface area contributed by atoms with E-state index < -0.39 is 0 Å². The Labute approximate surface area is 82.1 Å².